The summed E-state index contributed by atoms with van der Waals surface area (Å²) in [7, 11) is 0. The van der Waals surface area contributed by atoms with E-state index in [2.05, 4.69) is 21.2 Å². The third-order valence-electron chi connectivity index (χ3n) is 3.06. The Labute approximate surface area is 150 Å². The number of alkyl carbamates (subject to hydrolysis) is 1. The first-order chi connectivity index (χ1) is 11.1. The smallest absolute Gasteiger partial charge is 0.408 e. The van der Waals surface area contributed by atoms with E-state index in [4.69, 9.17) is 14.6 Å². The van der Waals surface area contributed by atoms with Crippen LogP contribution in [0.1, 0.15) is 40.5 Å². The van der Waals surface area contributed by atoms with Crippen molar-refractivity contribution in [1.29, 1.82) is 0 Å². The minimum atomic E-state index is -0.930. The lowest BCUT2D eigenvalue weighted by Gasteiger charge is -2.27. The summed E-state index contributed by atoms with van der Waals surface area (Å²) < 4.78 is 11.9. The van der Waals surface area contributed by atoms with E-state index >= 15 is 0 Å². The molecule has 0 heterocycles. The van der Waals surface area contributed by atoms with E-state index < -0.39 is 29.8 Å². The van der Waals surface area contributed by atoms with Crippen molar-refractivity contribution in [3.63, 3.8) is 0 Å². The highest BCUT2D eigenvalue weighted by Gasteiger charge is 2.25. The van der Waals surface area contributed by atoms with Gasteiger partial charge in [0.25, 0.3) is 0 Å². The number of carbonyl (C=O) groups excluding carboxylic acids is 1. The van der Waals surface area contributed by atoms with Crippen LogP contribution in [0.4, 0.5) is 4.79 Å². The maximum Gasteiger partial charge on any atom is 0.408 e. The molecule has 0 aliphatic heterocycles. The van der Waals surface area contributed by atoms with Crippen molar-refractivity contribution < 1.29 is 24.2 Å². The van der Waals surface area contributed by atoms with Crippen LogP contribution in [-0.2, 0) is 9.53 Å². The Bertz CT molecular complexity index is 570. The van der Waals surface area contributed by atoms with Gasteiger partial charge in [-0.3, -0.25) is 4.79 Å². The van der Waals surface area contributed by atoms with E-state index in [0.717, 1.165) is 4.47 Å². The van der Waals surface area contributed by atoms with Crippen LogP contribution in [0.25, 0.3) is 0 Å². The van der Waals surface area contributed by atoms with Crippen LogP contribution in [0.5, 0.6) is 5.75 Å². The van der Waals surface area contributed by atoms with Crippen LogP contribution in [0.15, 0.2) is 28.7 Å². The highest BCUT2D eigenvalue weighted by molar-refractivity contribution is 9.10. The average molecular weight is 402 g/mol. The summed E-state index contributed by atoms with van der Waals surface area (Å²) in [5.74, 6) is -0.302. The topological polar surface area (TPSA) is 84.9 Å². The summed E-state index contributed by atoms with van der Waals surface area (Å²) >= 11 is 3.36. The van der Waals surface area contributed by atoms with Crippen LogP contribution in [0, 0.1) is 0 Å². The molecule has 6 nitrogen and oxygen atoms in total. The van der Waals surface area contributed by atoms with E-state index in [-0.39, 0.29) is 12.8 Å². The second kappa shape index (κ2) is 8.92. The highest BCUT2D eigenvalue weighted by Crippen LogP contribution is 2.20. The molecule has 2 N–H and O–H groups in total. The minimum Gasteiger partial charge on any atom is -0.489 e. The predicted molar refractivity (Wildman–Crippen MR) is 94.3 cm³/mol. The predicted octanol–water partition coefficient (Wildman–Crippen LogP) is 3.97. The highest BCUT2D eigenvalue weighted by atomic mass is 79.9. The SMILES string of the molecule is C[C@@H](Oc1cccc(Br)c1)[C@H](CCC(=O)O)NC(=O)OC(C)(C)C. The Balaban J connectivity index is 2.75. The Morgan fingerprint density at radius 2 is 2.00 bits per heavy atom. The zero-order valence-corrected chi connectivity index (χ0v) is 15.9. The number of carboxylic acid groups (broad SMARTS) is 1. The second-order valence-electron chi connectivity index (χ2n) is 6.47. The molecule has 1 rings (SSSR count). The van der Waals surface area contributed by atoms with Gasteiger partial charge in [-0.2, -0.15) is 0 Å². The molecular weight excluding hydrogens is 378 g/mol. The second-order valence-corrected chi connectivity index (χ2v) is 7.38. The number of halogens is 1. The molecule has 0 saturated heterocycles. The maximum absolute atomic E-state index is 12.0. The summed E-state index contributed by atoms with van der Waals surface area (Å²) in [5.41, 5.74) is -0.629. The number of rotatable bonds is 7. The zero-order chi connectivity index (χ0) is 18.3. The number of aliphatic carboxylic acids is 1. The van der Waals surface area contributed by atoms with Gasteiger partial charge in [0.05, 0.1) is 6.04 Å². The van der Waals surface area contributed by atoms with Gasteiger partial charge >= 0.3 is 12.1 Å². The summed E-state index contributed by atoms with van der Waals surface area (Å²) in [6.07, 6.45) is -0.857. The van der Waals surface area contributed by atoms with Crippen molar-refractivity contribution in [3.05, 3.63) is 28.7 Å². The van der Waals surface area contributed by atoms with Crippen molar-refractivity contribution >= 4 is 28.0 Å². The first kappa shape index (κ1) is 20.3. The molecule has 1 aromatic rings. The van der Waals surface area contributed by atoms with Gasteiger partial charge in [-0.05, 0) is 52.3 Å². The van der Waals surface area contributed by atoms with Crippen molar-refractivity contribution in [1.82, 2.24) is 5.32 Å². The van der Waals surface area contributed by atoms with Gasteiger partial charge in [-0.25, -0.2) is 4.79 Å². The molecule has 134 valence electrons. The van der Waals surface area contributed by atoms with E-state index in [1.807, 2.05) is 12.1 Å². The van der Waals surface area contributed by atoms with Crippen LogP contribution >= 0.6 is 15.9 Å². The maximum atomic E-state index is 12.0. The monoisotopic (exact) mass is 401 g/mol. The van der Waals surface area contributed by atoms with Crippen molar-refractivity contribution in [2.24, 2.45) is 0 Å². The molecule has 0 saturated carbocycles. The van der Waals surface area contributed by atoms with E-state index in [0.29, 0.717) is 5.75 Å². The van der Waals surface area contributed by atoms with Crippen molar-refractivity contribution in [2.45, 2.75) is 58.3 Å². The fraction of sp³-hybridized carbons (Fsp3) is 0.529. The molecule has 2 atom stereocenters. The van der Waals surface area contributed by atoms with Gasteiger partial charge in [0.1, 0.15) is 17.5 Å². The van der Waals surface area contributed by atoms with Crippen LogP contribution in [0.3, 0.4) is 0 Å². The third-order valence-corrected chi connectivity index (χ3v) is 3.55. The summed E-state index contributed by atoms with van der Waals surface area (Å²) in [6, 6.07) is 6.81. The number of benzene rings is 1. The standard InChI is InChI=1S/C17H24BrNO5/c1-11(23-13-7-5-6-12(18)10-13)14(8-9-15(20)21)19-16(22)24-17(2,3)4/h5-7,10-11,14H,8-9H2,1-4H3,(H,19,22)(H,20,21)/t11-,14+/m1/s1. The molecule has 0 fully saturated rings. The number of ether oxygens (including phenoxy) is 2. The summed E-state index contributed by atoms with van der Waals surface area (Å²) in [4.78, 5) is 22.8. The normalized spacial score (nSPS) is 13.7. The molecule has 0 aromatic heterocycles. The lowest BCUT2D eigenvalue weighted by atomic mass is 10.1. The molecule has 0 aliphatic rings. The van der Waals surface area contributed by atoms with Crippen LogP contribution in [-0.4, -0.2) is 34.9 Å². The van der Waals surface area contributed by atoms with Crippen LogP contribution < -0.4 is 10.1 Å². The lowest BCUT2D eigenvalue weighted by Crippen LogP contribution is -2.46. The Morgan fingerprint density at radius 1 is 1.33 bits per heavy atom. The number of carboxylic acids is 1. The molecule has 7 heteroatoms. The fourth-order valence-electron chi connectivity index (χ4n) is 2.00. The quantitative estimate of drug-likeness (QED) is 0.721. The first-order valence-corrected chi connectivity index (χ1v) is 8.49. The summed E-state index contributed by atoms with van der Waals surface area (Å²) in [5, 5.41) is 11.6. The molecule has 0 bridgehead atoms. The fourth-order valence-corrected chi connectivity index (χ4v) is 2.38. The zero-order valence-electron chi connectivity index (χ0n) is 14.3. The number of hydrogen-bond acceptors (Lipinski definition) is 4. The van der Waals surface area contributed by atoms with Gasteiger partial charge in [-0.15, -0.1) is 0 Å². The average Bonchev–Trinajstić information content (AvgIpc) is 2.41. The van der Waals surface area contributed by atoms with Crippen molar-refractivity contribution in [3.8, 4) is 5.75 Å². The number of amides is 1. The number of hydrogen-bond donors (Lipinski definition) is 2. The van der Waals surface area contributed by atoms with Crippen molar-refractivity contribution in [2.75, 3.05) is 0 Å². The minimum absolute atomic E-state index is 0.0767. The van der Waals surface area contributed by atoms with E-state index in [9.17, 15) is 9.59 Å². The van der Waals surface area contributed by atoms with Gasteiger partial charge in [-0.1, -0.05) is 22.0 Å². The Morgan fingerprint density at radius 3 is 2.54 bits per heavy atom. The Kier molecular flexibility index (Phi) is 7.54. The molecule has 0 unspecified atom stereocenters. The number of carbonyl (C=O) groups is 2. The van der Waals surface area contributed by atoms with Gasteiger partial charge < -0.3 is 19.9 Å². The molecular formula is C17H24BrNO5. The third kappa shape index (κ3) is 8.19. The van der Waals surface area contributed by atoms with E-state index in [1.54, 1.807) is 39.8 Å². The Hall–Kier alpha value is -1.76. The largest absolute Gasteiger partial charge is 0.489 e. The molecule has 0 aliphatic carbocycles. The molecule has 0 radical (unpaired) electrons. The summed E-state index contributed by atoms with van der Waals surface area (Å²) in [6.45, 7) is 7.07. The van der Waals surface area contributed by atoms with Gasteiger partial charge in [0.2, 0.25) is 0 Å². The lowest BCUT2D eigenvalue weighted by molar-refractivity contribution is -0.137. The number of nitrogens with one attached hydrogen (secondary N) is 1. The molecule has 24 heavy (non-hydrogen) atoms. The van der Waals surface area contributed by atoms with Gasteiger partial charge in [0.15, 0.2) is 0 Å². The van der Waals surface area contributed by atoms with Crippen LogP contribution in [0.2, 0.25) is 0 Å². The first-order valence-electron chi connectivity index (χ1n) is 7.70. The molecule has 1 aromatic carbocycles. The molecule has 1 amide bonds. The molecule has 0 spiro atoms. The van der Waals surface area contributed by atoms with Gasteiger partial charge in [0, 0.05) is 10.9 Å². The van der Waals surface area contributed by atoms with E-state index in [1.165, 1.54) is 0 Å².